The highest BCUT2D eigenvalue weighted by Crippen LogP contribution is 2.21. The number of likely N-dealkylation sites (tertiary alicyclic amines) is 1. The maximum Gasteiger partial charge on any atom is 0.251 e. The first-order valence-electron chi connectivity index (χ1n) is 6.77. The van der Waals surface area contributed by atoms with Gasteiger partial charge in [0.25, 0.3) is 5.91 Å². The van der Waals surface area contributed by atoms with E-state index in [0.29, 0.717) is 12.5 Å². The van der Waals surface area contributed by atoms with E-state index >= 15 is 0 Å². The number of carbonyl (C=O) groups excluding carboxylic acids is 2. The zero-order valence-electron chi connectivity index (χ0n) is 12.1. The van der Waals surface area contributed by atoms with Gasteiger partial charge in [0.05, 0.1) is 13.0 Å². The van der Waals surface area contributed by atoms with E-state index < -0.39 is 6.04 Å². The van der Waals surface area contributed by atoms with Crippen LogP contribution in [0, 0.1) is 5.92 Å². The molecule has 20 heavy (non-hydrogen) atoms. The van der Waals surface area contributed by atoms with Gasteiger partial charge in [-0.3, -0.25) is 14.5 Å². The van der Waals surface area contributed by atoms with Gasteiger partial charge in [0.2, 0.25) is 5.91 Å². The van der Waals surface area contributed by atoms with E-state index in [0.717, 1.165) is 16.3 Å². The molecule has 5 heteroatoms. The van der Waals surface area contributed by atoms with Gasteiger partial charge < -0.3 is 10.1 Å². The van der Waals surface area contributed by atoms with Crippen LogP contribution < -0.4 is 10.1 Å². The molecule has 2 rings (SSSR count). The molecule has 0 radical (unpaired) electrons. The molecular formula is C15H20N2O3. The molecule has 0 aliphatic carbocycles. The van der Waals surface area contributed by atoms with Gasteiger partial charge in [0.1, 0.15) is 11.8 Å². The second-order valence-corrected chi connectivity index (χ2v) is 5.42. The quantitative estimate of drug-likeness (QED) is 0.834. The van der Waals surface area contributed by atoms with E-state index in [1.54, 1.807) is 0 Å². The van der Waals surface area contributed by atoms with Crippen molar-refractivity contribution in [3.63, 3.8) is 0 Å². The molecule has 0 aromatic heterocycles. The maximum absolute atomic E-state index is 11.8. The lowest BCUT2D eigenvalue weighted by molar-refractivity contribution is -0.136. The fourth-order valence-electron chi connectivity index (χ4n) is 2.01. The van der Waals surface area contributed by atoms with Crippen LogP contribution in [0.5, 0.6) is 5.75 Å². The molecule has 1 fully saturated rings. The van der Waals surface area contributed by atoms with E-state index in [9.17, 15) is 9.59 Å². The molecule has 5 nitrogen and oxygen atoms in total. The summed E-state index contributed by atoms with van der Waals surface area (Å²) in [6.45, 7) is 4.81. The number of imide groups is 1. The van der Waals surface area contributed by atoms with Crippen molar-refractivity contribution in [2.75, 3.05) is 19.0 Å². The lowest BCUT2D eigenvalue weighted by atomic mass is 10.2. The summed E-state index contributed by atoms with van der Waals surface area (Å²) in [4.78, 5) is 24.5. The molecule has 1 atom stereocenters. The third kappa shape index (κ3) is 3.29. The van der Waals surface area contributed by atoms with Crippen molar-refractivity contribution in [2.45, 2.75) is 26.3 Å². The molecule has 0 saturated carbocycles. The second kappa shape index (κ2) is 5.94. The largest absolute Gasteiger partial charge is 0.493 e. The Hall–Kier alpha value is -2.04. The first-order chi connectivity index (χ1) is 9.47. The minimum atomic E-state index is -0.479. The van der Waals surface area contributed by atoms with Crippen molar-refractivity contribution in [3.05, 3.63) is 24.3 Å². The number of hydrogen-bond acceptors (Lipinski definition) is 4. The van der Waals surface area contributed by atoms with Crippen LogP contribution in [0.3, 0.4) is 0 Å². The highest BCUT2D eigenvalue weighted by molar-refractivity contribution is 6.06. The lowest BCUT2D eigenvalue weighted by Gasteiger charge is -2.14. The van der Waals surface area contributed by atoms with Gasteiger partial charge in [-0.1, -0.05) is 19.9 Å². The van der Waals surface area contributed by atoms with E-state index in [1.165, 1.54) is 7.05 Å². The first kappa shape index (κ1) is 14.4. The van der Waals surface area contributed by atoms with Crippen LogP contribution in [0.15, 0.2) is 24.3 Å². The molecule has 0 spiro atoms. The van der Waals surface area contributed by atoms with Crippen LogP contribution >= 0.6 is 0 Å². The van der Waals surface area contributed by atoms with Crippen molar-refractivity contribution in [3.8, 4) is 5.75 Å². The molecular weight excluding hydrogens is 256 g/mol. The fourth-order valence-corrected chi connectivity index (χ4v) is 2.01. The van der Waals surface area contributed by atoms with E-state index in [2.05, 4.69) is 19.2 Å². The molecule has 2 amide bonds. The number of nitrogens with one attached hydrogen (secondary N) is 1. The smallest absolute Gasteiger partial charge is 0.251 e. The fraction of sp³-hybridized carbons (Fsp3) is 0.467. The van der Waals surface area contributed by atoms with Crippen LogP contribution in [-0.4, -0.2) is 36.4 Å². The maximum atomic E-state index is 11.8. The Labute approximate surface area is 118 Å². The number of nitrogens with zero attached hydrogens (tertiary/aromatic N) is 1. The predicted octanol–water partition coefficient (Wildman–Crippen LogP) is 1.89. The Morgan fingerprint density at radius 1 is 1.40 bits per heavy atom. The Morgan fingerprint density at radius 2 is 2.15 bits per heavy atom. The Morgan fingerprint density at radius 3 is 2.75 bits per heavy atom. The lowest BCUT2D eigenvalue weighted by Crippen LogP contribution is -2.31. The van der Waals surface area contributed by atoms with Crippen molar-refractivity contribution < 1.29 is 14.3 Å². The summed E-state index contributed by atoms with van der Waals surface area (Å²) in [6.07, 6.45) is 0.201. The molecule has 1 aliphatic heterocycles. The predicted molar refractivity (Wildman–Crippen MR) is 76.6 cm³/mol. The minimum Gasteiger partial charge on any atom is -0.493 e. The van der Waals surface area contributed by atoms with Crippen molar-refractivity contribution in [1.82, 2.24) is 4.90 Å². The van der Waals surface area contributed by atoms with Crippen LogP contribution in [0.4, 0.5) is 5.69 Å². The summed E-state index contributed by atoms with van der Waals surface area (Å²) in [5, 5.41) is 3.09. The van der Waals surface area contributed by atoms with Crippen LogP contribution in [0.25, 0.3) is 0 Å². The van der Waals surface area contributed by atoms with Crippen LogP contribution in [-0.2, 0) is 9.59 Å². The third-order valence-electron chi connectivity index (χ3n) is 3.14. The molecule has 1 N–H and O–H groups in total. The second-order valence-electron chi connectivity index (χ2n) is 5.42. The van der Waals surface area contributed by atoms with E-state index in [1.807, 2.05) is 24.3 Å². The van der Waals surface area contributed by atoms with Crippen molar-refractivity contribution in [2.24, 2.45) is 5.92 Å². The number of rotatable bonds is 5. The number of likely N-dealkylation sites (N-methyl/N-ethyl adjacent to an activating group) is 1. The molecule has 1 heterocycles. The number of benzene rings is 1. The Balaban J connectivity index is 2.01. The molecule has 1 aromatic carbocycles. The summed E-state index contributed by atoms with van der Waals surface area (Å²) in [6, 6.07) is 6.97. The Kier molecular flexibility index (Phi) is 4.27. The number of carbonyl (C=O) groups is 2. The van der Waals surface area contributed by atoms with Gasteiger partial charge in [-0.2, -0.15) is 0 Å². The van der Waals surface area contributed by atoms with Crippen molar-refractivity contribution >= 4 is 17.5 Å². The minimum absolute atomic E-state index is 0.153. The summed E-state index contributed by atoms with van der Waals surface area (Å²) < 4.78 is 5.64. The SMILES string of the molecule is CC(C)COc1cccc(NC2CC(=O)N(C)C2=O)c1. The highest BCUT2D eigenvalue weighted by atomic mass is 16.5. The molecule has 1 aliphatic rings. The zero-order valence-corrected chi connectivity index (χ0v) is 12.1. The average Bonchev–Trinajstić information content (AvgIpc) is 2.65. The van der Waals surface area contributed by atoms with Gasteiger partial charge in [-0.25, -0.2) is 0 Å². The van der Waals surface area contributed by atoms with E-state index in [4.69, 9.17) is 4.74 Å². The summed E-state index contributed by atoms with van der Waals surface area (Å²) in [5.74, 6) is 0.867. The van der Waals surface area contributed by atoms with Crippen molar-refractivity contribution in [1.29, 1.82) is 0 Å². The highest BCUT2D eigenvalue weighted by Gasteiger charge is 2.35. The standard InChI is InChI=1S/C15H20N2O3/c1-10(2)9-20-12-6-4-5-11(7-12)16-13-8-14(18)17(3)15(13)19/h4-7,10,13,16H,8-9H2,1-3H3. The van der Waals surface area contributed by atoms with Gasteiger partial charge in [0, 0.05) is 18.8 Å². The normalized spacial score (nSPS) is 18.8. The third-order valence-corrected chi connectivity index (χ3v) is 3.14. The number of hydrogen-bond donors (Lipinski definition) is 1. The number of anilines is 1. The number of ether oxygens (including phenoxy) is 1. The summed E-state index contributed by atoms with van der Waals surface area (Å²) >= 11 is 0. The summed E-state index contributed by atoms with van der Waals surface area (Å²) in [5.41, 5.74) is 0.785. The monoisotopic (exact) mass is 276 g/mol. The molecule has 1 unspecified atom stereocenters. The average molecular weight is 276 g/mol. The topological polar surface area (TPSA) is 58.6 Å². The molecule has 1 aromatic rings. The molecule has 108 valence electrons. The Bertz CT molecular complexity index is 514. The first-order valence-corrected chi connectivity index (χ1v) is 6.77. The zero-order chi connectivity index (χ0) is 14.7. The van der Waals surface area contributed by atoms with Gasteiger partial charge in [0.15, 0.2) is 0 Å². The van der Waals surface area contributed by atoms with Crippen LogP contribution in [0.2, 0.25) is 0 Å². The molecule has 0 bridgehead atoms. The number of amides is 2. The summed E-state index contributed by atoms with van der Waals surface area (Å²) in [7, 11) is 1.51. The van der Waals surface area contributed by atoms with Gasteiger partial charge >= 0.3 is 0 Å². The van der Waals surface area contributed by atoms with E-state index in [-0.39, 0.29) is 18.2 Å². The van der Waals surface area contributed by atoms with Crippen LogP contribution in [0.1, 0.15) is 20.3 Å². The van der Waals surface area contributed by atoms with Gasteiger partial charge in [-0.15, -0.1) is 0 Å². The molecule has 1 saturated heterocycles. The van der Waals surface area contributed by atoms with Gasteiger partial charge in [-0.05, 0) is 18.1 Å².